The fourth-order valence-electron chi connectivity index (χ4n) is 0.686. The van der Waals surface area contributed by atoms with Crippen molar-refractivity contribution >= 4 is 8.72 Å². The molecule has 0 amide bonds. The Morgan fingerprint density at radius 3 is 2.45 bits per heavy atom. The second-order valence-corrected chi connectivity index (χ2v) is 5.50. The molecule has 0 bridgehead atoms. The van der Waals surface area contributed by atoms with Crippen LogP contribution in [0.1, 0.15) is 26.2 Å². The van der Waals surface area contributed by atoms with Crippen molar-refractivity contribution in [3.63, 3.8) is 0 Å². The minimum Gasteiger partial charge on any atom is -0.386 e. The number of nitrogens with two attached hydrogens (primary N) is 1. The van der Waals surface area contributed by atoms with Crippen LogP contribution >= 0.6 is 0 Å². The van der Waals surface area contributed by atoms with E-state index in [0.29, 0.717) is 0 Å². The van der Waals surface area contributed by atoms with Crippen LogP contribution in [-0.4, -0.2) is 22.4 Å². The van der Waals surface area contributed by atoms with E-state index < -0.39 is 8.72 Å². The van der Waals surface area contributed by atoms with E-state index in [-0.39, 0.29) is 0 Å². The van der Waals surface area contributed by atoms with Crippen LogP contribution in [0.3, 0.4) is 0 Å². The summed E-state index contributed by atoms with van der Waals surface area (Å²) < 4.78 is 10.4. The predicted molar refractivity (Wildman–Crippen MR) is 48.3 cm³/mol. The molecule has 0 rings (SSSR count). The highest BCUT2D eigenvalue weighted by Crippen LogP contribution is 2.00. The van der Waals surface area contributed by atoms with Crippen LogP contribution in [0, 0.1) is 0 Å². The molecular formula is C7H19NO2Si. The quantitative estimate of drug-likeness (QED) is 0.492. The largest absolute Gasteiger partial charge is 0.418 e. The Kier molecular flexibility index (Phi) is 5.76. The zero-order valence-corrected chi connectivity index (χ0v) is 8.72. The number of unbranched alkanes of at least 4 members (excludes halogenated alkanes) is 2. The topological polar surface area (TPSA) is 44.5 Å². The van der Waals surface area contributed by atoms with Gasteiger partial charge in [0, 0.05) is 13.7 Å². The van der Waals surface area contributed by atoms with Crippen LogP contribution < -0.4 is 5.40 Å². The molecule has 0 aliphatic rings. The van der Waals surface area contributed by atoms with Gasteiger partial charge in [-0.25, -0.2) is 0 Å². The van der Waals surface area contributed by atoms with Gasteiger partial charge in [0.25, 0.3) is 0 Å². The molecule has 0 radical (unpaired) electrons. The lowest BCUT2D eigenvalue weighted by atomic mass is 10.3. The summed E-state index contributed by atoms with van der Waals surface area (Å²) in [4.78, 5) is 0. The van der Waals surface area contributed by atoms with Gasteiger partial charge in [-0.1, -0.05) is 19.8 Å². The molecule has 0 saturated heterocycles. The molecule has 0 aliphatic heterocycles. The van der Waals surface area contributed by atoms with E-state index in [4.69, 9.17) is 14.3 Å². The standard InChI is InChI=1S/C7H19NO2Si/c1-4-5-6-7-10-11(3,8)9-2/h4-8H2,1-3H3. The van der Waals surface area contributed by atoms with Gasteiger partial charge in [-0.2, -0.15) is 0 Å². The van der Waals surface area contributed by atoms with E-state index >= 15 is 0 Å². The molecule has 0 aliphatic carbocycles. The van der Waals surface area contributed by atoms with Crippen LogP contribution in [0.15, 0.2) is 0 Å². The molecular weight excluding hydrogens is 158 g/mol. The summed E-state index contributed by atoms with van der Waals surface area (Å²) >= 11 is 0. The summed E-state index contributed by atoms with van der Waals surface area (Å²) in [5.74, 6) is 0. The summed E-state index contributed by atoms with van der Waals surface area (Å²) in [6.45, 7) is 4.75. The lowest BCUT2D eigenvalue weighted by Crippen LogP contribution is -2.48. The molecule has 0 aromatic heterocycles. The number of hydrogen-bond acceptors (Lipinski definition) is 3. The Bertz CT molecular complexity index is 98.4. The van der Waals surface area contributed by atoms with E-state index in [1.54, 1.807) is 7.11 Å². The average molecular weight is 177 g/mol. The minimum atomic E-state index is -2.23. The lowest BCUT2D eigenvalue weighted by molar-refractivity contribution is 0.201. The lowest BCUT2D eigenvalue weighted by Gasteiger charge is -2.18. The SMILES string of the molecule is CCCCCO[Si](C)(N)OC. The molecule has 0 aromatic rings. The van der Waals surface area contributed by atoms with Gasteiger partial charge in [-0.15, -0.1) is 0 Å². The second-order valence-electron chi connectivity index (χ2n) is 2.78. The molecule has 1 unspecified atom stereocenters. The van der Waals surface area contributed by atoms with Crippen molar-refractivity contribution in [3.8, 4) is 0 Å². The van der Waals surface area contributed by atoms with E-state index in [0.717, 1.165) is 13.0 Å². The van der Waals surface area contributed by atoms with E-state index in [1.165, 1.54) is 12.8 Å². The zero-order chi connectivity index (χ0) is 8.74. The van der Waals surface area contributed by atoms with Crippen molar-refractivity contribution in [3.05, 3.63) is 0 Å². The maximum atomic E-state index is 5.69. The summed E-state index contributed by atoms with van der Waals surface area (Å²) in [6.07, 6.45) is 3.49. The summed E-state index contributed by atoms with van der Waals surface area (Å²) in [5, 5.41) is 5.69. The van der Waals surface area contributed by atoms with Crippen LogP contribution in [0.25, 0.3) is 0 Å². The van der Waals surface area contributed by atoms with E-state index in [2.05, 4.69) is 6.92 Å². The van der Waals surface area contributed by atoms with Gasteiger partial charge >= 0.3 is 8.72 Å². The molecule has 68 valence electrons. The van der Waals surface area contributed by atoms with Crippen molar-refractivity contribution in [2.75, 3.05) is 13.7 Å². The van der Waals surface area contributed by atoms with Crippen molar-refractivity contribution in [1.82, 2.24) is 0 Å². The van der Waals surface area contributed by atoms with Gasteiger partial charge in [0.05, 0.1) is 0 Å². The number of hydrogen-bond donors (Lipinski definition) is 1. The normalized spacial score (nSPS) is 16.4. The second kappa shape index (κ2) is 5.71. The van der Waals surface area contributed by atoms with Crippen LogP contribution in [0.5, 0.6) is 0 Å². The molecule has 0 spiro atoms. The maximum Gasteiger partial charge on any atom is 0.418 e. The Morgan fingerprint density at radius 2 is 2.00 bits per heavy atom. The molecule has 0 heterocycles. The number of rotatable bonds is 6. The molecule has 0 aromatic carbocycles. The average Bonchev–Trinajstić information content (AvgIpc) is 1.99. The minimum absolute atomic E-state index is 0.737. The Morgan fingerprint density at radius 1 is 1.36 bits per heavy atom. The highest BCUT2D eigenvalue weighted by atomic mass is 28.4. The Hall–Kier alpha value is 0.0969. The fraction of sp³-hybridized carbons (Fsp3) is 1.00. The van der Waals surface area contributed by atoms with Crippen LogP contribution in [-0.2, 0) is 8.85 Å². The van der Waals surface area contributed by atoms with Gasteiger partial charge in [-0.3, -0.25) is 0 Å². The fourth-order valence-corrected chi connectivity index (χ4v) is 1.35. The third-order valence-electron chi connectivity index (χ3n) is 1.54. The van der Waals surface area contributed by atoms with Crippen LogP contribution in [0.4, 0.5) is 0 Å². The first-order valence-electron chi connectivity index (χ1n) is 4.10. The van der Waals surface area contributed by atoms with Gasteiger partial charge in [0.1, 0.15) is 0 Å². The molecule has 11 heavy (non-hydrogen) atoms. The zero-order valence-electron chi connectivity index (χ0n) is 7.72. The first-order chi connectivity index (χ1) is 5.12. The third-order valence-corrected chi connectivity index (χ3v) is 3.13. The molecule has 2 N–H and O–H groups in total. The molecule has 1 atom stereocenters. The molecule has 4 heteroatoms. The van der Waals surface area contributed by atoms with Crippen molar-refractivity contribution < 1.29 is 8.85 Å². The van der Waals surface area contributed by atoms with Gasteiger partial charge in [0.15, 0.2) is 0 Å². The monoisotopic (exact) mass is 177 g/mol. The van der Waals surface area contributed by atoms with Crippen molar-refractivity contribution in [2.24, 2.45) is 5.40 Å². The van der Waals surface area contributed by atoms with E-state index in [9.17, 15) is 0 Å². The first-order valence-corrected chi connectivity index (χ1v) is 6.49. The van der Waals surface area contributed by atoms with Crippen molar-refractivity contribution in [2.45, 2.75) is 32.7 Å². The Balaban J connectivity index is 3.23. The highest BCUT2D eigenvalue weighted by molar-refractivity contribution is 6.62. The first kappa shape index (κ1) is 11.1. The van der Waals surface area contributed by atoms with Gasteiger partial charge < -0.3 is 14.3 Å². The van der Waals surface area contributed by atoms with E-state index in [1.807, 2.05) is 6.55 Å². The maximum absolute atomic E-state index is 5.69. The smallest absolute Gasteiger partial charge is 0.386 e. The Labute approximate surface area is 70.2 Å². The predicted octanol–water partition coefficient (Wildman–Crippen LogP) is 1.37. The highest BCUT2D eigenvalue weighted by Gasteiger charge is 2.23. The third kappa shape index (κ3) is 6.49. The van der Waals surface area contributed by atoms with Crippen molar-refractivity contribution in [1.29, 1.82) is 0 Å². The van der Waals surface area contributed by atoms with Crippen LogP contribution in [0.2, 0.25) is 6.55 Å². The summed E-state index contributed by atoms with van der Waals surface area (Å²) in [7, 11) is -0.624. The summed E-state index contributed by atoms with van der Waals surface area (Å²) in [6, 6.07) is 0. The molecule has 0 fully saturated rings. The van der Waals surface area contributed by atoms with Gasteiger partial charge in [-0.05, 0) is 13.0 Å². The molecule has 0 saturated carbocycles. The van der Waals surface area contributed by atoms with Gasteiger partial charge in [0.2, 0.25) is 0 Å². The molecule has 3 nitrogen and oxygen atoms in total. The summed E-state index contributed by atoms with van der Waals surface area (Å²) in [5.41, 5.74) is 0.